The Kier molecular flexibility index (Phi) is 6.69. The van der Waals surface area contributed by atoms with Crippen molar-refractivity contribution in [2.24, 2.45) is 10.7 Å². The zero-order valence-corrected chi connectivity index (χ0v) is 11.4. The summed E-state index contributed by atoms with van der Waals surface area (Å²) in [4.78, 5) is 6.54. The Bertz CT molecular complexity index is 214. The molecule has 3 nitrogen and oxygen atoms in total. The second-order valence-electron chi connectivity index (χ2n) is 4.49. The zero-order valence-electron chi connectivity index (χ0n) is 10.6. The van der Waals surface area contributed by atoms with Crippen LogP contribution in [0.1, 0.15) is 38.5 Å². The van der Waals surface area contributed by atoms with Crippen LogP contribution in [0.4, 0.5) is 0 Å². The second kappa shape index (κ2) is 7.82. The van der Waals surface area contributed by atoms with Crippen LogP contribution in [0.15, 0.2) is 4.99 Å². The Hall–Kier alpha value is -0.380. The SMILES string of the molecule is CSCCCCCCN=C(N)N(C)C1CC1. The lowest BCUT2D eigenvalue weighted by atomic mass is 10.2. The number of thioether (sulfide) groups is 1. The Labute approximate surface area is 104 Å². The van der Waals surface area contributed by atoms with E-state index >= 15 is 0 Å². The van der Waals surface area contributed by atoms with Gasteiger partial charge in [-0.05, 0) is 37.7 Å². The average molecular weight is 243 g/mol. The van der Waals surface area contributed by atoms with E-state index in [4.69, 9.17) is 5.73 Å². The fraction of sp³-hybridized carbons (Fsp3) is 0.917. The maximum Gasteiger partial charge on any atom is 0.191 e. The molecular formula is C12H25N3S. The van der Waals surface area contributed by atoms with E-state index in [-0.39, 0.29) is 0 Å². The molecule has 0 radical (unpaired) electrons. The van der Waals surface area contributed by atoms with E-state index < -0.39 is 0 Å². The standard InChI is InChI=1S/C12H25N3S/c1-15(11-7-8-11)12(13)14-9-5-3-4-6-10-16-2/h11H,3-10H2,1-2H3,(H2,13,14). The molecule has 16 heavy (non-hydrogen) atoms. The molecule has 0 spiro atoms. The van der Waals surface area contributed by atoms with Crippen LogP contribution in [0.5, 0.6) is 0 Å². The van der Waals surface area contributed by atoms with E-state index in [1.165, 1.54) is 44.3 Å². The van der Waals surface area contributed by atoms with Crippen molar-refractivity contribution in [3.05, 3.63) is 0 Å². The molecule has 0 aromatic heterocycles. The molecule has 0 bridgehead atoms. The second-order valence-corrected chi connectivity index (χ2v) is 5.47. The lowest BCUT2D eigenvalue weighted by molar-refractivity contribution is 0.486. The van der Waals surface area contributed by atoms with Gasteiger partial charge in [-0.1, -0.05) is 12.8 Å². The largest absolute Gasteiger partial charge is 0.370 e. The van der Waals surface area contributed by atoms with Gasteiger partial charge in [-0.15, -0.1) is 0 Å². The predicted molar refractivity (Wildman–Crippen MR) is 74.1 cm³/mol. The molecule has 1 fully saturated rings. The predicted octanol–water partition coefficient (Wildman–Crippen LogP) is 2.32. The van der Waals surface area contributed by atoms with Gasteiger partial charge in [0, 0.05) is 19.6 Å². The van der Waals surface area contributed by atoms with E-state index in [1.54, 1.807) is 0 Å². The number of nitrogens with zero attached hydrogens (tertiary/aromatic N) is 2. The molecule has 1 rings (SSSR count). The number of aliphatic imine (C=N–C) groups is 1. The van der Waals surface area contributed by atoms with Crippen LogP contribution in [0.3, 0.4) is 0 Å². The van der Waals surface area contributed by atoms with Gasteiger partial charge in [0.25, 0.3) is 0 Å². The van der Waals surface area contributed by atoms with Crippen molar-refractivity contribution in [2.75, 3.05) is 25.6 Å². The van der Waals surface area contributed by atoms with Gasteiger partial charge < -0.3 is 10.6 Å². The third-order valence-electron chi connectivity index (χ3n) is 2.99. The van der Waals surface area contributed by atoms with E-state index in [2.05, 4.69) is 23.2 Å². The van der Waals surface area contributed by atoms with Crippen LogP contribution in [0.2, 0.25) is 0 Å². The number of hydrogen-bond acceptors (Lipinski definition) is 2. The number of nitrogens with two attached hydrogens (primary N) is 1. The van der Waals surface area contributed by atoms with Crippen molar-refractivity contribution in [3.63, 3.8) is 0 Å². The van der Waals surface area contributed by atoms with Crippen LogP contribution in [-0.2, 0) is 0 Å². The maximum atomic E-state index is 5.89. The summed E-state index contributed by atoms with van der Waals surface area (Å²) in [7, 11) is 2.05. The minimum atomic E-state index is 0.672. The Morgan fingerprint density at radius 2 is 2.00 bits per heavy atom. The molecule has 0 aliphatic heterocycles. The minimum Gasteiger partial charge on any atom is -0.370 e. The Morgan fingerprint density at radius 3 is 2.62 bits per heavy atom. The first-order valence-electron chi connectivity index (χ1n) is 6.27. The fourth-order valence-electron chi connectivity index (χ4n) is 1.67. The molecule has 1 aliphatic carbocycles. The Morgan fingerprint density at radius 1 is 1.31 bits per heavy atom. The van der Waals surface area contributed by atoms with Crippen LogP contribution >= 0.6 is 11.8 Å². The molecule has 0 aromatic rings. The smallest absolute Gasteiger partial charge is 0.191 e. The highest BCUT2D eigenvalue weighted by molar-refractivity contribution is 7.98. The zero-order chi connectivity index (χ0) is 11.8. The lowest BCUT2D eigenvalue weighted by Gasteiger charge is -2.16. The topological polar surface area (TPSA) is 41.6 Å². The van der Waals surface area contributed by atoms with Gasteiger partial charge in [-0.3, -0.25) is 4.99 Å². The van der Waals surface area contributed by atoms with Crippen LogP contribution in [-0.4, -0.2) is 42.5 Å². The third kappa shape index (κ3) is 5.64. The summed E-state index contributed by atoms with van der Waals surface area (Å²) < 4.78 is 0. The summed E-state index contributed by atoms with van der Waals surface area (Å²) >= 11 is 1.93. The van der Waals surface area contributed by atoms with Gasteiger partial charge in [0.05, 0.1) is 0 Å². The van der Waals surface area contributed by atoms with E-state index in [9.17, 15) is 0 Å². The highest BCUT2D eigenvalue weighted by Crippen LogP contribution is 2.24. The minimum absolute atomic E-state index is 0.672. The number of rotatable bonds is 8. The molecule has 2 N–H and O–H groups in total. The molecule has 0 unspecified atom stereocenters. The normalized spacial score (nSPS) is 16.5. The van der Waals surface area contributed by atoms with E-state index in [1.807, 2.05) is 11.8 Å². The summed E-state index contributed by atoms with van der Waals surface area (Å²) in [6, 6.07) is 0.672. The van der Waals surface area contributed by atoms with Crippen molar-refractivity contribution >= 4 is 17.7 Å². The summed E-state index contributed by atoms with van der Waals surface area (Å²) in [5.41, 5.74) is 5.89. The van der Waals surface area contributed by atoms with Crippen LogP contribution in [0.25, 0.3) is 0 Å². The molecule has 1 saturated carbocycles. The van der Waals surface area contributed by atoms with Crippen molar-refractivity contribution < 1.29 is 0 Å². The monoisotopic (exact) mass is 243 g/mol. The molecule has 94 valence electrons. The van der Waals surface area contributed by atoms with Crippen LogP contribution < -0.4 is 5.73 Å². The van der Waals surface area contributed by atoms with Gasteiger partial charge in [0.15, 0.2) is 5.96 Å². The van der Waals surface area contributed by atoms with Gasteiger partial charge >= 0.3 is 0 Å². The van der Waals surface area contributed by atoms with E-state index in [0.717, 1.165) is 12.5 Å². The molecule has 0 saturated heterocycles. The van der Waals surface area contributed by atoms with Crippen molar-refractivity contribution in [1.29, 1.82) is 0 Å². The van der Waals surface area contributed by atoms with Crippen LogP contribution in [0, 0.1) is 0 Å². The summed E-state index contributed by atoms with van der Waals surface area (Å²) in [5.74, 6) is 2.02. The van der Waals surface area contributed by atoms with Gasteiger partial charge in [0.1, 0.15) is 0 Å². The highest BCUT2D eigenvalue weighted by atomic mass is 32.2. The van der Waals surface area contributed by atoms with Crippen molar-refractivity contribution in [2.45, 2.75) is 44.6 Å². The first kappa shape index (κ1) is 13.7. The quantitative estimate of drug-likeness (QED) is 0.404. The van der Waals surface area contributed by atoms with Gasteiger partial charge in [-0.2, -0.15) is 11.8 Å². The molecule has 0 atom stereocenters. The molecule has 4 heteroatoms. The van der Waals surface area contributed by atoms with Crippen molar-refractivity contribution in [3.8, 4) is 0 Å². The van der Waals surface area contributed by atoms with Gasteiger partial charge in [-0.25, -0.2) is 0 Å². The number of hydrogen-bond donors (Lipinski definition) is 1. The summed E-state index contributed by atoms with van der Waals surface area (Å²) in [6.45, 7) is 0.891. The fourth-order valence-corrected chi connectivity index (χ4v) is 2.16. The first-order valence-corrected chi connectivity index (χ1v) is 7.66. The maximum absolute atomic E-state index is 5.89. The van der Waals surface area contributed by atoms with E-state index in [0.29, 0.717) is 6.04 Å². The third-order valence-corrected chi connectivity index (χ3v) is 3.68. The number of guanidine groups is 1. The lowest BCUT2D eigenvalue weighted by Crippen LogP contribution is -2.35. The number of unbranched alkanes of at least 4 members (excludes halogenated alkanes) is 3. The van der Waals surface area contributed by atoms with Crippen molar-refractivity contribution in [1.82, 2.24) is 4.90 Å². The highest BCUT2D eigenvalue weighted by Gasteiger charge is 2.27. The molecule has 0 heterocycles. The summed E-state index contributed by atoms with van der Waals surface area (Å²) in [6.07, 6.45) is 9.84. The summed E-state index contributed by atoms with van der Waals surface area (Å²) in [5, 5.41) is 0. The Balaban J connectivity index is 1.97. The molecule has 1 aliphatic rings. The average Bonchev–Trinajstić information content (AvgIpc) is 3.10. The first-order chi connectivity index (χ1) is 7.75. The molecule has 0 aromatic carbocycles. The van der Waals surface area contributed by atoms with Gasteiger partial charge in [0.2, 0.25) is 0 Å². The molecule has 0 amide bonds. The molecular weight excluding hydrogens is 218 g/mol.